The molecule has 2 N–H and O–H groups in total. The van der Waals surface area contributed by atoms with Gasteiger partial charge in [-0.05, 0) is 18.9 Å². The van der Waals surface area contributed by atoms with Crippen LogP contribution in [0.15, 0.2) is 30.3 Å². The lowest BCUT2D eigenvalue weighted by Gasteiger charge is -2.12. The molecule has 5 heteroatoms. The van der Waals surface area contributed by atoms with Crippen molar-refractivity contribution >= 4 is 17.0 Å². The van der Waals surface area contributed by atoms with E-state index in [1.165, 1.54) is 6.92 Å². The Morgan fingerprint density at radius 1 is 1.47 bits per heavy atom. The van der Waals surface area contributed by atoms with Gasteiger partial charge < -0.3 is 0 Å². The zero-order chi connectivity index (χ0) is 11.3. The Bertz CT molecular complexity index is 353. The number of benzene rings is 1. The van der Waals surface area contributed by atoms with Crippen LogP contribution in [0.2, 0.25) is 0 Å². The third-order valence-corrected chi connectivity index (χ3v) is 2.50. The van der Waals surface area contributed by atoms with Crippen LogP contribution in [-0.2, 0) is 22.5 Å². The van der Waals surface area contributed by atoms with E-state index in [0.717, 1.165) is 5.56 Å². The average Bonchev–Trinajstić information content (AvgIpc) is 2.17. The molecule has 0 spiro atoms. The molecule has 4 nitrogen and oxygen atoms in total. The number of carbonyl (C=O) groups is 1. The van der Waals surface area contributed by atoms with Crippen LogP contribution >= 0.6 is 0 Å². The lowest BCUT2D eigenvalue weighted by Crippen LogP contribution is -2.38. The smallest absolute Gasteiger partial charge is 0.232 e. The van der Waals surface area contributed by atoms with Crippen molar-refractivity contribution in [1.29, 1.82) is 0 Å². The molecule has 0 amide bonds. The van der Waals surface area contributed by atoms with E-state index < -0.39 is 17.3 Å². The zero-order valence-electron chi connectivity index (χ0n) is 8.34. The maximum atomic E-state index is 11.2. The van der Waals surface area contributed by atoms with Gasteiger partial charge in [0.1, 0.15) is 5.78 Å². The third-order valence-electron chi connectivity index (χ3n) is 2.02. The van der Waals surface area contributed by atoms with Crippen LogP contribution in [-0.4, -0.2) is 20.6 Å². The highest BCUT2D eigenvalue weighted by Crippen LogP contribution is 2.04. The van der Waals surface area contributed by atoms with E-state index in [4.69, 9.17) is 4.55 Å². The van der Waals surface area contributed by atoms with Crippen LogP contribution in [0.5, 0.6) is 0 Å². The number of hydrogen-bond acceptors (Lipinski definition) is 2. The number of carbonyl (C=O) groups excluding carboxylic acids is 1. The molecule has 1 rings (SSSR count). The molecule has 0 aliphatic carbocycles. The molecule has 0 bridgehead atoms. The molecule has 1 aromatic carbocycles. The summed E-state index contributed by atoms with van der Waals surface area (Å²) < 4.78 is 21.5. The second-order valence-corrected chi connectivity index (χ2v) is 3.95. The first-order valence-electron chi connectivity index (χ1n) is 4.51. The molecule has 0 aromatic heterocycles. The van der Waals surface area contributed by atoms with Gasteiger partial charge in [-0.2, -0.15) is 0 Å². The van der Waals surface area contributed by atoms with Crippen molar-refractivity contribution in [3.8, 4) is 0 Å². The topological polar surface area (TPSA) is 66.4 Å². The molecular formula is C10H13NO3S. The van der Waals surface area contributed by atoms with Gasteiger partial charge in [0.05, 0.1) is 6.04 Å². The summed E-state index contributed by atoms with van der Waals surface area (Å²) in [4.78, 5) is 11.2. The van der Waals surface area contributed by atoms with Crippen molar-refractivity contribution in [2.75, 3.05) is 0 Å². The highest BCUT2D eigenvalue weighted by Gasteiger charge is 2.16. The number of Topliss-reactive ketones (excluding diaryl/α,β-unsaturated/α-hetero) is 1. The molecular weight excluding hydrogens is 214 g/mol. The van der Waals surface area contributed by atoms with E-state index >= 15 is 0 Å². The monoisotopic (exact) mass is 227 g/mol. The highest BCUT2D eigenvalue weighted by atomic mass is 32.2. The SMILES string of the molecule is CC(=O)C(Cc1ccccc1)NS(=O)O. The van der Waals surface area contributed by atoms with Crippen LogP contribution < -0.4 is 4.72 Å². The van der Waals surface area contributed by atoms with Gasteiger partial charge in [0.15, 0.2) is 0 Å². The Hall–Kier alpha value is -1.04. The molecule has 2 unspecified atom stereocenters. The van der Waals surface area contributed by atoms with Crippen molar-refractivity contribution < 1.29 is 13.6 Å². The molecule has 0 fully saturated rings. The second-order valence-electron chi connectivity index (χ2n) is 3.22. The summed E-state index contributed by atoms with van der Waals surface area (Å²) in [5.41, 5.74) is 0.954. The first kappa shape index (κ1) is 12.0. The van der Waals surface area contributed by atoms with Gasteiger partial charge in [-0.1, -0.05) is 30.3 Å². The van der Waals surface area contributed by atoms with Gasteiger partial charge in [0, 0.05) is 0 Å². The Morgan fingerprint density at radius 2 is 2.07 bits per heavy atom. The standard InChI is InChI=1S/C10H13NO3S/c1-8(12)10(11-15(13)14)7-9-5-3-2-4-6-9/h2-6,10-11H,7H2,1H3,(H,13,14). The maximum absolute atomic E-state index is 11.2. The molecule has 1 aromatic rings. The largest absolute Gasteiger partial charge is 0.298 e. The van der Waals surface area contributed by atoms with Crippen LogP contribution in [0.3, 0.4) is 0 Å². The van der Waals surface area contributed by atoms with Crippen molar-refractivity contribution in [1.82, 2.24) is 4.72 Å². The summed E-state index contributed by atoms with van der Waals surface area (Å²) in [6.45, 7) is 1.40. The van der Waals surface area contributed by atoms with Crippen molar-refractivity contribution in [3.05, 3.63) is 35.9 Å². The molecule has 0 aliphatic rings. The van der Waals surface area contributed by atoms with Gasteiger partial charge in [-0.3, -0.25) is 9.35 Å². The minimum Gasteiger partial charge on any atom is -0.298 e. The van der Waals surface area contributed by atoms with E-state index in [1.54, 1.807) is 0 Å². The number of rotatable bonds is 5. The van der Waals surface area contributed by atoms with Crippen LogP contribution in [0.25, 0.3) is 0 Å². The van der Waals surface area contributed by atoms with Crippen molar-refractivity contribution in [2.24, 2.45) is 0 Å². The first-order chi connectivity index (χ1) is 7.09. The fourth-order valence-corrected chi connectivity index (χ4v) is 1.73. The first-order valence-corrected chi connectivity index (χ1v) is 5.61. The molecule has 15 heavy (non-hydrogen) atoms. The summed E-state index contributed by atoms with van der Waals surface area (Å²) >= 11 is -2.16. The van der Waals surface area contributed by atoms with Crippen LogP contribution in [0.1, 0.15) is 12.5 Å². The highest BCUT2D eigenvalue weighted by molar-refractivity contribution is 7.77. The number of hydrogen-bond donors (Lipinski definition) is 2. The lowest BCUT2D eigenvalue weighted by molar-refractivity contribution is -0.118. The minimum absolute atomic E-state index is 0.152. The predicted molar refractivity (Wildman–Crippen MR) is 58.5 cm³/mol. The fraction of sp³-hybridized carbons (Fsp3) is 0.300. The Balaban J connectivity index is 2.67. The molecule has 0 saturated carbocycles. The molecule has 0 radical (unpaired) electrons. The van der Waals surface area contributed by atoms with E-state index in [2.05, 4.69) is 4.72 Å². The Labute approximate surface area is 91.1 Å². The quantitative estimate of drug-likeness (QED) is 0.735. The third kappa shape index (κ3) is 4.33. The van der Waals surface area contributed by atoms with Crippen molar-refractivity contribution in [3.63, 3.8) is 0 Å². The minimum atomic E-state index is -2.16. The van der Waals surface area contributed by atoms with Gasteiger partial charge in [0.2, 0.25) is 11.3 Å². The van der Waals surface area contributed by atoms with E-state index in [-0.39, 0.29) is 5.78 Å². The molecule has 82 valence electrons. The van der Waals surface area contributed by atoms with E-state index in [1.807, 2.05) is 30.3 Å². The fourth-order valence-electron chi connectivity index (χ4n) is 1.24. The van der Waals surface area contributed by atoms with Crippen LogP contribution in [0, 0.1) is 0 Å². The van der Waals surface area contributed by atoms with Crippen molar-refractivity contribution in [2.45, 2.75) is 19.4 Å². The molecule has 0 heterocycles. The Kier molecular flexibility index (Phi) is 4.61. The average molecular weight is 227 g/mol. The summed E-state index contributed by atoms with van der Waals surface area (Å²) in [7, 11) is 0. The molecule has 0 saturated heterocycles. The summed E-state index contributed by atoms with van der Waals surface area (Å²) in [6, 6.07) is 8.74. The zero-order valence-corrected chi connectivity index (χ0v) is 9.16. The molecule has 2 atom stereocenters. The second kappa shape index (κ2) is 5.75. The number of ketones is 1. The molecule has 0 aliphatic heterocycles. The Morgan fingerprint density at radius 3 is 2.53 bits per heavy atom. The maximum Gasteiger partial charge on any atom is 0.232 e. The predicted octanol–water partition coefficient (Wildman–Crippen LogP) is 0.913. The summed E-state index contributed by atoms with van der Waals surface area (Å²) in [5.74, 6) is -0.152. The van der Waals surface area contributed by atoms with Gasteiger partial charge >= 0.3 is 0 Å². The summed E-state index contributed by atoms with van der Waals surface area (Å²) in [5, 5.41) is 0. The normalized spacial score (nSPS) is 14.5. The van der Waals surface area contributed by atoms with Gasteiger partial charge in [-0.15, -0.1) is 0 Å². The van der Waals surface area contributed by atoms with Gasteiger partial charge in [-0.25, -0.2) is 8.93 Å². The van der Waals surface area contributed by atoms with E-state index in [0.29, 0.717) is 6.42 Å². The van der Waals surface area contributed by atoms with Gasteiger partial charge in [0.25, 0.3) is 0 Å². The van der Waals surface area contributed by atoms with Crippen LogP contribution in [0.4, 0.5) is 0 Å². The van der Waals surface area contributed by atoms with E-state index in [9.17, 15) is 9.00 Å². The lowest BCUT2D eigenvalue weighted by atomic mass is 10.0. The number of nitrogens with one attached hydrogen (secondary N) is 1. The summed E-state index contributed by atoms with van der Waals surface area (Å²) in [6.07, 6.45) is 0.419.